The second-order valence-corrected chi connectivity index (χ2v) is 8.95. The highest BCUT2D eigenvalue weighted by atomic mass is 16.5. The van der Waals surface area contributed by atoms with Crippen LogP contribution in [0.5, 0.6) is 5.75 Å². The van der Waals surface area contributed by atoms with Gasteiger partial charge in [-0.1, -0.05) is 53.7 Å². The molecule has 0 aliphatic heterocycles. The molecule has 0 aromatic heterocycles. The van der Waals surface area contributed by atoms with Crippen molar-refractivity contribution in [3.8, 4) is 5.75 Å². The molecule has 0 radical (unpaired) electrons. The Kier molecular flexibility index (Phi) is 5.53. The summed E-state index contributed by atoms with van der Waals surface area (Å²) in [5, 5.41) is 8.84. The first kappa shape index (κ1) is 20.4. The zero-order chi connectivity index (χ0) is 19.8. The predicted octanol–water partition coefficient (Wildman–Crippen LogP) is 5.91. The molecule has 0 bridgehead atoms. The van der Waals surface area contributed by atoms with Gasteiger partial charge in [0.25, 0.3) is 0 Å². The minimum absolute atomic E-state index is 0.142. The molecule has 1 aromatic rings. The van der Waals surface area contributed by atoms with Crippen molar-refractivity contribution in [2.75, 3.05) is 13.7 Å². The number of hydrogen-bond acceptors (Lipinski definition) is 3. The highest BCUT2D eigenvalue weighted by Crippen LogP contribution is 2.45. The molecular formula is C23H33NO2. The smallest absolute Gasteiger partial charge is 0.131 e. The van der Waals surface area contributed by atoms with E-state index >= 15 is 0 Å². The summed E-state index contributed by atoms with van der Waals surface area (Å²) in [4.78, 5) is 0. The topological polar surface area (TPSA) is 42.3 Å². The van der Waals surface area contributed by atoms with Crippen LogP contribution in [0.25, 0.3) is 0 Å². The molecule has 0 fully saturated rings. The molecule has 0 atom stereocenters. The van der Waals surface area contributed by atoms with Gasteiger partial charge in [-0.2, -0.15) is 0 Å². The van der Waals surface area contributed by atoms with Gasteiger partial charge < -0.3 is 14.9 Å². The normalized spacial score (nSPS) is 21.3. The van der Waals surface area contributed by atoms with Crippen molar-refractivity contribution < 1.29 is 9.47 Å². The van der Waals surface area contributed by atoms with Gasteiger partial charge >= 0.3 is 0 Å². The van der Waals surface area contributed by atoms with E-state index in [-0.39, 0.29) is 10.8 Å². The van der Waals surface area contributed by atoms with Crippen LogP contribution in [-0.4, -0.2) is 19.4 Å². The number of ether oxygens (including phenoxy) is 2. The third-order valence-corrected chi connectivity index (χ3v) is 4.80. The maximum absolute atomic E-state index is 8.84. The molecule has 0 spiro atoms. The van der Waals surface area contributed by atoms with Crippen molar-refractivity contribution in [2.45, 2.75) is 54.1 Å². The molecule has 1 aromatic carbocycles. The van der Waals surface area contributed by atoms with Crippen molar-refractivity contribution in [3.63, 3.8) is 0 Å². The second kappa shape index (κ2) is 7.03. The Bertz CT molecular complexity index is 691. The Morgan fingerprint density at radius 1 is 0.885 bits per heavy atom. The van der Waals surface area contributed by atoms with E-state index in [9.17, 15) is 0 Å². The van der Waals surface area contributed by atoms with Crippen LogP contribution >= 0.6 is 0 Å². The Morgan fingerprint density at radius 2 is 1.35 bits per heavy atom. The van der Waals surface area contributed by atoms with Gasteiger partial charge in [-0.15, -0.1) is 0 Å². The number of benzene rings is 1. The van der Waals surface area contributed by atoms with Gasteiger partial charge in [0.1, 0.15) is 11.4 Å². The molecule has 0 unspecified atom stereocenters. The summed E-state index contributed by atoms with van der Waals surface area (Å²) in [6.07, 6.45) is 4.27. The van der Waals surface area contributed by atoms with Crippen LogP contribution in [0.1, 0.15) is 54.0 Å². The largest absolute Gasteiger partial charge is 0.497 e. The lowest BCUT2D eigenvalue weighted by atomic mass is 9.68. The van der Waals surface area contributed by atoms with Crippen molar-refractivity contribution in [1.29, 1.82) is 5.41 Å². The molecule has 0 amide bonds. The number of rotatable bonds is 4. The summed E-state index contributed by atoms with van der Waals surface area (Å²) in [5.74, 6) is 0.823. The lowest BCUT2D eigenvalue weighted by Gasteiger charge is -2.40. The molecule has 0 saturated carbocycles. The summed E-state index contributed by atoms with van der Waals surface area (Å²) < 4.78 is 11.7. The van der Waals surface area contributed by atoms with E-state index in [0.717, 1.165) is 22.5 Å². The minimum Gasteiger partial charge on any atom is -0.497 e. The van der Waals surface area contributed by atoms with Crippen LogP contribution in [-0.2, 0) is 10.3 Å². The fourth-order valence-corrected chi connectivity index (χ4v) is 3.37. The molecule has 1 aliphatic carbocycles. The molecule has 26 heavy (non-hydrogen) atoms. The summed E-state index contributed by atoms with van der Waals surface area (Å²) in [7, 11) is 1.67. The van der Waals surface area contributed by atoms with E-state index < -0.39 is 5.60 Å². The van der Waals surface area contributed by atoms with Gasteiger partial charge in [-0.05, 0) is 58.7 Å². The van der Waals surface area contributed by atoms with Crippen molar-refractivity contribution in [2.24, 2.45) is 10.8 Å². The summed E-state index contributed by atoms with van der Waals surface area (Å²) in [5.41, 5.74) is 2.76. The van der Waals surface area contributed by atoms with Crippen LogP contribution < -0.4 is 4.74 Å². The zero-order valence-electron chi connectivity index (χ0n) is 17.5. The van der Waals surface area contributed by atoms with Crippen molar-refractivity contribution >= 4 is 5.71 Å². The first-order valence-electron chi connectivity index (χ1n) is 9.29. The maximum atomic E-state index is 8.84. The van der Waals surface area contributed by atoms with Gasteiger partial charge in [0.15, 0.2) is 0 Å². The van der Waals surface area contributed by atoms with Crippen LogP contribution in [0.4, 0.5) is 0 Å². The molecule has 3 heteroatoms. The lowest BCUT2D eigenvalue weighted by molar-refractivity contribution is 0.0310. The third-order valence-electron chi connectivity index (χ3n) is 4.80. The minimum atomic E-state index is -0.670. The Morgan fingerprint density at radius 3 is 1.69 bits per heavy atom. The first-order chi connectivity index (χ1) is 11.9. The number of nitrogens with one attached hydrogen (secondary N) is 1. The number of hydrogen-bond donors (Lipinski definition) is 1. The molecule has 2 rings (SSSR count). The van der Waals surface area contributed by atoms with E-state index in [2.05, 4.69) is 65.8 Å². The Balaban J connectivity index is 2.75. The number of methoxy groups -OCH3 is 1. The van der Waals surface area contributed by atoms with Gasteiger partial charge in [0, 0.05) is 6.61 Å². The van der Waals surface area contributed by atoms with E-state index in [1.54, 1.807) is 7.11 Å². The average molecular weight is 356 g/mol. The SMILES string of the molecule is CCOC1(c2ccc(OC)cc2)C=C(C(C)(C)C)C(=N)C(C(C)(C)C)=C1. The van der Waals surface area contributed by atoms with Crippen molar-refractivity contribution in [3.05, 3.63) is 53.1 Å². The van der Waals surface area contributed by atoms with E-state index in [1.807, 2.05) is 19.1 Å². The quantitative estimate of drug-likeness (QED) is 0.730. The van der Waals surface area contributed by atoms with Gasteiger partial charge in [-0.25, -0.2) is 0 Å². The standard InChI is InChI=1S/C23H33NO2/c1-9-26-23(16-10-12-17(25-8)13-11-16)14-18(21(2,3)4)20(24)19(15-23)22(5,6)7/h10-15,24H,9H2,1-8H3. The molecular weight excluding hydrogens is 322 g/mol. The Labute approximate surface area is 158 Å². The van der Waals surface area contributed by atoms with Crippen LogP contribution in [0.3, 0.4) is 0 Å². The summed E-state index contributed by atoms with van der Waals surface area (Å²) in [6.45, 7) is 15.5. The second-order valence-electron chi connectivity index (χ2n) is 8.95. The molecule has 1 N–H and O–H groups in total. The highest BCUT2D eigenvalue weighted by Gasteiger charge is 2.40. The van der Waals surface area contributed by atoms with Gasteiger partial charge in [-0.3, -0.25) is 0 Å². The van der Waals surface area contributed by atoms with E-state index in [4.69, 9.17) is 14.9 Å². The first-order valence-corrected chi connectivity index (χ1v) is 9.29. The van der Waals surface area contributed by atoms with Gasteiger partial charge in [0.05, 0.1) is 12.8 Å². The van der Waals surface area contributed by atoms with Gasteiger partial charge in [0.2, 0.25) is 0 Å². The monoisotopic (exact) mass is 355 g/mol. The van der Waals surface area contributed by atoms with E-state index in [1.165, 1.54) is 0 Å². The fourth-order valence-electron chi connectivity index (χ4n) is 3.37. The molecule has 0 saturated heterocycles. The van der Waals surface area contributed by atoms with Crippen LogP contribution in [0.2, 0.25) is 0 Å². The van der Waals surface area contributed by atoms with E-state index in [0.29, 0.717) is 12.3 Å². The molecule has 142 valence electrons. The average Bonchev–Trinajstić information content (AvgIpc) is 2.54. The highest BCUT2D eigenvalue weighted by molar-refractivity contribution is 6.13. The molecule has 1 aliphatic rings. The third kappa shape index (κ3) is 3.93. The molecule has 0 heterocycles. The molecule has 3 nitrogen and oxygen atoms in total. The lowest BCUT2D eigenvalue weighted by Crippen LogP contribution is -2.37. The van der Waals surface area contributed by atoms with Crippen LogP contribution in [0.15, 0.2) is 47.6 Å². The van der Waals surface area contributed by atoms with Crippen LogP contribution in [0, 0.1) is 16.2 Å². The Hall–Kier alpha value is -1.87. The predicted molar refractivity (Wildman–Crippen MR) is 109 cm³/mol. The zero-order valence-corrected chi connectivity index (χ0v) is 17.5. The van der Waals surface area contributed by atoms with Crippen molar-refractivity contribution in [1.82, 2.24) is 0 Å². The number of allylic oxidation sites excluding steroid dienone is 2. The fraction of sp³-hybridized carbons (Fsp3) is 0.522. The summed E-state index contributed by atoms with van der Waals surface area (Å²) in [6, 6.07) is 8.03. The summed E-state index contributed by atoms with van der Waals surface area (Å²) >= 11 is 0. The maximum Gasteiger partial charge on any atom is 0.131 e.